The van der Waals surface area contributed by atoms with Crippen LogP contribution in [0.2, 0.25) is 0 Å². The number of ether oxygens (including phenoxy) is 3. The summed E-state index contributed by atoms with van der Waals surface area (Å²) < 4.78 is 16.5. The molecule has 0 unspecified atom stereocenters. The Morgan fingerprint density at radius 2 is 1.92 bits per heavy atom. The molecule has 3 rings (SSSR count). The van der Waals surface area contributed by atoms with Crippen LogP contribution in [0, 0.1) is 0 Å². The van der Waals surface area contributed by atoms with Crippen molar-refractivity contribution in [2.45, 2.75) is 0 Å². The molecule has 0 N–H and O–H groups in total. The van der Waals surface area contributed by atoms with Crippen molar-refractivity contribution in [1.29, 1.82) is 0 Å². The van der Waals surface area contributed by atoms with Crippen LogP contribution >= 0.6 is 15.9 Å². The standard InChI is InChI=1S/C18H14BrNO4/c1-22-12-7-8-13(14(19)10-12)17-20-15(18(21)24-17)9-11-5-3-4-6-16(11)23-2/h3-10H,1-2H3/b15-9-. The van der Waals surface area contributed by atoms with Gasteiger partial charge in [-0.3, -0.25) is 0 Å². The Morgan fingerprint density at radius 1 is 1.12 bits per heavy atom. The van der Waals surface area contributed by atoms with Gasteiger partial charge in [0, 0.05) is 10.0 Å². The van der Waals surface area contributed by atoms with E-state index in [4.69, 9.17) is 14.2 Å². The first-order valence-electron chi connectivity index (χ1n) is 7.12. The molecule has 1 aliphatic rings. The first-order chi connectivity index (χ1) is 11.6. The van der Waals surface area contributed by atoms with Crippen LogP contribution in [0.3, 0.4) is 0 Å². The molecule has 2 aromatic carbocycles. The molecule has 0 atom stereocenters. The third-order valence-electron chi connectivity index (χ3n) is 3.46. The van der Waals surface area contributed by atoms with Crippen molar-refractivity contribution in [3.05, 3.63) is 63.8 Å². The number of hydrogen-bond acceptors (Lipinski definition) is 5. The quantitative estimate of drug-likeness (QED) is 0.591. The maximum atomic E-state index is 12.1. The third-order valence-corrected chi connectivity index (χ3v) is 4.11. The number of carbonyl (C=O) groups excluding carboxylic acids is 1. The molecule has 0 saturated heterocycles. The topological polar surface area (TPSA) is 57.1 Å². The second kappa shape index (κ2) is 6.88. The van der Waals surface area contributed by atoms with Crippen LogP contribution in [-0.2, 0) is 9.53 Å². The van der Waals surface area contributed by atoms with E-state index in [-0.39, 0.29) is 11.6 Å². The van der Waals surface area contributed by atoms with Crippen LogP contribution in [0.1, 0.15) is 11.1 Å². The number of para-hydroxylation sites is 1. The van der Waals surface area contributed by atoms with Gasteiger partial charge < -0.3 is 14.2 Å². The number of cyclic esters (lactones) is 1. The first kappa shape index (κ1) is 16.3. The van der Waals surface area contributed by atoms with Crippen LogP contribution in [0.15, 0.2) is 57.6 Å². The average Bonchev–Trinajstić information content (AvgIpc) is 2.95. The monoisotopic (exact) mass is 387 g/mol. The minimum Gasteiger partial charge on any atom is -0.497 e. The van der Waals surface area contributed by atoms with E-state index < -0.39 is 5.97 Å². The second-order valence-corrected chi connectivity index (χ2v) is 5.78. The molecule has 0 spiro atoms. The van der Waals surface area contributed by atoms with E-state index in [0.717, 1.165) is 10.0 Å². The average molecular weight is 388 g/mol. The van der Waals surface area contributed by atoms with Gasteiger partial charge in [-0.15, -0.1) is 0 Å². The largest absolute Gasteiger partial charge is 0.497 e. The Balaban J connectivity index is 1.97. The lowest BCUT2D eigenvalue weighted by Crippen LogP contribution is -2.06. The summed E-state index contributed by atoms with van der Waals surface area (Å²) in [5.74, 6) is 1.10. The molecule has 0 aliphatic carbocycles. The molecule has 6 heteroatoms. The predicted molar refractivity (Wildman–Crippen MR) is 94.3 cm³/mol. The minimum atomic E-state index is -0.501. The zero-order chi connectivity index (χ0) is 17.1. The number of rotatable bonds is 4. The molecule has 1 heterocycles. The van der Waals surface area contributed by atoms with Gasteiger partial charge in [0.2, 0.25) is 5.90 Å². The van der Waals surface area contributed by atoms with E-state index in [2.05, 4.69) is 20.9 Å². The Labute approximate surface area is 147 Å². The van der Waals surface area contributed by atoms with Gasteiger partial charge in [0.15, 0.2) is 5.70 Å². The van der Waals surface area contributed by atoms with Crippen molar-refractivity contribution in [3.63, 3.8) is 0 Å². The van der Waals surface area contributed by atoms with Crippen molar-refractivity contribution >= 4 is 33.9 Å². The van der Waals surface area contributed by atoms with E-state index >= 15 is 0 Å². The van der Waals surface area contributed by atoms with E-state index in [0.29, 0.717) is 17.1 Å². The van der Waals surface area contributed by atoms with Crippen LogP contribution in [-0.4, -0.2) is 26.1 Å². The predicted octanol–water partition coefficient (Wildman–Crippen LogP) is 3.81. The molecule has 24 heavy (non-hydrogen) atoms. The van der Waals surface area contributed by atoms with Gasteiger partial charge in [0.25, 0.3) is 0 Å². The van der Waals surface area contributed by atoms with E-state index in [1.807, 2.05) is 24.3 Å². The Morgan fingerprint density at radius 3 is 2.62 bits per heavy atom. The maximum Gasteiger partial charge on any atom is 0.363 e. The highest BCUT2D eigenvalue weighted by Crippen LogP contribution is 2.28. The van der Waals surface area contributed by atoms with Gasteiger partial charge in [-0.2, -0.15) is 0 Å². The molecule has 5 nitrogen and oxygen atoms in total. The molecular formula is C18H14BrNO4. The van der Waals surface area contributed by atoms with Crippen LogP contribution < -0.4 is 9.47 Å². The van der Waals surface area contributed by atoms with Gasteiger partial charge in [0.05, 0.1) is 19.8 Å². The van der Waals surface area contributed by atoms with Crippen LogP contribution in [0.25, 0.3) is 6.08 Å². The highest BCUT2D eigenvalue weighted by atomic mass is 79.9. The summed E-state index contributed by atoms with van der Waals surface area (Å²) in [6, 6.07) is 12.7. The second-order valence-electron chi connectivity index (χ2n) is 4.92. The van der Waals surface area contributed by atoms with Crippen molar-refractivity contribution in [3.8, 4) is 11.5 Å². The SMILES string of the molecule is COc1ccc(C2=N/C(=C\c3ccccc3OC)C(=O)O2)c(Br)c1. The molecule has 2 aromatic rings. The number of hydrogen-bond donors (Lipinski definition) is 0. The highest BCUT2D eigenvalue weighted by molar-refractivity contribution is 9.10. The zero-order valence-corrected chi connectivity index (χ0v) is 14.7. The summed E-state index contributed by atoms with van der Waals surface area (Å²) in [5, 5.41) is 0. The third kappa shape index (κ3) is 3.19. The van der Waals surface area contributed by atoms with E-state index in [1.165, 1.54) is 0 Å². The molecule has 0 amide bonds. The fourth-order valence-electron chi connectivity index (χ4n) is 2.25. The zero-order valence-electron chi connectivity index (χ0n) is 13.1. The number of carbonyl (C=O) groups is 1. The molecule has 0 bridgehead atoms. The molecule has 0 fully saturated rings. The van der Waals surface area contributed by atoms with E-state index in [1.54, 1.807) is 38.5 Å². The molecular weight excluding hydrogens is 374 g/mol. The number of halogens is 1. The van der Waals surface area contributed by atoms with Gasteiger partial charge in [-0.05, 0) is 46.3 Å². The highest BCUT2D eigenvalue weighted by Gasteiger charge is 2.26. The number of nitrogens with zero attached hydrogens (tertiary/aromatic N) is 1. The van der Waals surface area contributed by atoms with E-state index in [9.17, 15) is 4.79 Å². The summed E-state index contributed by atoms with van der Waals surface area (Å²) in [4.78, 5) is 16.4. The number of aliphatic imine (C=N–C) groups is 1. The summed E-state index contributed by atoms with van der Waals surface area (Å²) in [5.41, 5.74) is 1.65. The van der Waals surface area contributed by atoms with Crippen molar-refractivity contribution in [2.24, 2.45) is 4.99 Å². The van der Waals surface area contributed by atoms with Crippen molar-refractivity contribution in [1.82, 2.24) is 0 Å². The van der Waals surface area contributed by atoms with Gasteiger partial charge in [-0.1, -0.05) is 18.2 Å². The molecule has 122 valence electrons. The number of esters is 1. The minimum absolute atomic E-state index is 0.220. The van der Waals surface area contributed by atoms with Crippen molar-refractivity contribution < 1.29 is 19.0 Å². The fourth-order valence-corrected chi connectivity index (χ4v) is 2.78. The smallest absolute Gasteiger partial charge is 0.363 e. The fraction of sp³-hybridized carbons (Fsp3) is 0.111. The number of methoxy groups -OCH3 is 2. The molecule has 0 saturated carbocycles. The lowest BCUT2D eigenvalue weighted by atomic mass is 10.1. The summed E-state index contributed by atoms with van der Waals surface area (Å²) in [6.45, 7) is 0. The normalized spacial score (nSPS) is 15.2. The Kier molecular flexibility index (Phi) is 4.66. The van der Waals surface area contributed by atoms with Crippen LogP contribution in [0.5, 0.6) is 11.5 Å². The summed E-state index contributed by atoms with van der Waals surface area (Å²) >= 11 is 3.44. The van der Waals surface area contributed by atoms with Gasteiger partial charge in [0.1, 0.15) is 11.5 Å². The molecule has 1 aliphatic heterocycles. The lowest BCUT2D eigenvalue weighted by molar-refractivity contribution is -0.129. The molecule has 0 aromatic heterocycles. The Bertz CT molecular complexity index is 858. The number of benzene rings is 2. The van der Waals surface area contributed by atoms with Crippen molar-refractivity contribution in [2.75, 3.05) is 14.2 Å². The first-order valence-corrected chi connectivity index (χ1v) is 7.91. The van der Waals surface area contributed by atoms with Gasteiger partial charge in [-0.25, -0.2) is 9.79 Å². The summed E-state index contributed by atoms with van der Waals surface area (Å²) in [6.07, 6.45) is 1.64. The van der Waals surface area contributed by atoms with Gasteiger partial charge >= 0.3 is 5.97 Å². The maximum absolute atomic E-state index is 12.1. The summed E-state index contributed by atoms with van der Waals surface area (Å²) in [7, 11) is 3.16. The Hall–Kier alpha value is -2.60. The lowest BCUT2D eigenvalue weighted by Gasteiger charge is -2.05. The van der Waals surface area contributed by atoms with Crippen LogP contribution in [0.4, 0.5) is 0 Å². The molecule has 0 radical (unpaired) electrons.